The molecule has 2 saturated heterocycles. The average Bonchev–Trinajstić information content (AvgIpc) is 2.95. The van der Waals surface area contributed by atoms with Crippen LogP contribution < -0.4 is 5.32 Å². The fraction of sp³-hybridized carbons (Fsp3) is 1.00. The Morgan fingerprint density at radius 2 is 1.50 bits per heavy atom. The summed E-state index contributed by atoms with van der Waals surface area (Å²) in [5, 5.41) is 4.07. The van der Waals surface area contributed by atoms with Crippen LogP contribution in [0.1, 0.15) is 51.4 Å². The molecule has 0 aromatic heterocycles. The van der Waals surface area contributed by atoms with Gasteiger partial charge >= 0.3 is 0 Å². The zero-order valence-corrected chi connectivity index (χ0v) is 11.2. The Kier molecular flexibility index (Phi) is 2.21. The molecule has 1 N–H and O–H groups in total. The van der Waals surface area contributed by atoms with E-state index in [1.165, 1.54) is 44.9 Å². The molecule has 0 spiro atoms. The Hall–Kier alpha value is -0.0800. The molecule has 4 saturated carbocycles. The summed E-state index contributed by atoms with van der Waals surface area (Å²) >= 11 is 0. The van der Waals surface area contributed by atoms with Crippen LogP contribution in [0.4, 0.5) is 0 Å². The Labute approximate surface area is 110 Å². The van der Waals surface area contributed by atoms with Crippen LogP contribution in [0, 0.1) is 23.7 Å². The number of hydrogen-bond acceptors (Lipinski definition) is 2. The Balaban J connectivity index is 1.32. The van der Waals surface area contributed by atoms with E-state index in [4.69, 9.17) is 4.74 Å². The predicted octanol–water partition coefficient (Wildman–Crippen LogP) is 2.72. The number of rotatable bonds is 2. The molecule has 2 heteroatoms. The smallest absolute Gasteiger partial charge is 0.0733 e. The lowest BCUT2D eigenvalue weighted by Crippen LogP contribution is -2.58. The molecule has 6 aliphatic rings. The molecular weight excluding hydrogens is 222 g/mol. The summed E-state index contributed by atoms with van der Waals surface area (Å²) < 4.78 is 6.02. The molecule has 2 aliphatic heterocycles. The molecule has 3 atom stereocenters. The minimum absolute atomic E-state index is 0.562. The SMILES string of the molecule is C1C2CC3CC1CC(C2)C3NC1CC2CCC1O2. The van der Waals surface area contributed by atoms with Gasteiger partial charge in [0.1, 0.15) is 0 Å². The molecule has 0 aromatic carbocycles. The minimum Gasteiger partial charge on any atom is -0.373 e. The van der Waals surface area contributed by atoms with Crippen molar-refractivity contribution < 1.29 is 4.74 Å². The van der Waals surface area contributed by atoms with Crippen molar-refractivity contribution in [1.82, 2.24) is 5.32 Å². The third-order valence-electron chi connectivity index (χ3n) is 6.74. The number of hydrogen-bond donors (Lipinski definition) is 1. The van der Waals surface area contributed by atoms with Gasteiger partial charge in [0.15, 0.2) is 0 Å². The third-order valence-corrected chi connectivity index (χ3v) is 6.74. The second-order valence-corrected chi connectivity index (χ2v) is 7.84. The summed E-state index contributed by atoms with van der Waals surface area (Å²) in [4.78, 5) is 0. The summed E-state index contributed by atoms with van der Waals surface area (Å²) in [5.41, 5.74) is 0. The van der Waals surface area contributed by atoms with Gasteiger partial charge < -0.3 is 10.1 Å². The molecule has 0 aromatic rings. The van der Waals surface area contributed by atoms with E-state index in [2.05, 4.69) is 5.32 Å². The lowest BCUT2D eigenvalue weighted by molar-refractivity contribution is -0.0210. The fourth-order valence-electron chi connectivity index (χ4n) is 6.26. The highest BCUT2D eigenvalue weighted by molar-refractivity contribution is 5.04. The standard InChI is InChI=1S/C16H25NO/c1-2-15-14(8-13(1)18-15)17-16-11-4-9-3-10(6-11)7-12(16)5-9/h9-17H,1-8H2. The van der Waals surface area contributed by atoms with Gasteiger partial charge in [0.25, 0.3) is 0 Å². The molecule has 0 amide bonds. The fourth-order valence-corrected chi connectivity index (χ4v) is 6.26. The zero-order chi connectivity index (χ0) is 11.7. The van der Waals surface area contributed by atoms with Crippen LogP contribution in [0.3, 0.4) is 0 Å². The number of ether oxygens (including phenoxy) is 1. The van der Waals surface area contributed by atoms with Crippen LogP contribution in [-0.2, 0) is 4.74 Å². The highest BCUT2D eigenvalue weighted by Gasteiger charge is 2.50. The van der Waals surface area contributed by atoms with Crippen molar-refractivity contribution in [1.29, 1.82) is 0 Å². The molecule has 18 heavy (non-hydrogen) atoms. The predicted molar refractivity (Wildman–Crippen MR) is 70.3 cm³/mol. The van der Waals surface area contributed by atoms with Crippen LogP contribution in [0.25, 0.3) is 0 Å². The normalized spacial score (nSPS) is 60.7. The Morgan fingerprint density at radius 1 is 0.778 bits per heavy atom. The first-order valence-corrected chi connectivity index (χ1v) is 8.26. The van der Waals surface area contributed by atoms with Crippen molar-refractivity contribution in [3.05, 3.63) is 0 Å². The van der Waals surface area contributed by atoms with E-state index >= 15 is 0 Å². The lowest BCUT2D eigenvalue weighted by atomic mass is 9.54. The highest BCUT2D eigenvalue weighted by Crippen LogP contribution is 2.54. The van der Waals surface area contributed by atoms with E-state index < -0.39 is 0 Å². The maximum absolute atomic E-state index is 6.02. The van der Waals surface area contributed by atoms with Gasteiger partial charge in [-0.05, 0) is 75.0 Å². The van der Waals surface area contributed by atoms with E-state index in [9.17, 15) is 0 Å². The van der Waals surface area contributed by atoms with Crippen LogP contribution in [-0.4, -0.2) is 24.3 Å². The molecule has 0 radical (unpaired) electrons. The van der Waals surface area contributed by atoms with E-state index in [0.29, 0.717) is 18.2 Å². The van der Waals surface area contributed by atoms with Gasteiger partial charge in [-0.25, -0.2) is 0 Å². The van der Waals surface area contributed by atoms with Gasteiger partial charge in [-0.3, -0.25) is 0 Å². The van der Waals surface area contributed by atoms with E-state index in [1.807, 2.05) is 0 Å². The van der Waals surface area contributed by atoms with E-state index in [1.54, 1.807) is 6.42 Å². The van der Waals surface area contributed by atoms with Gasteiger partial charge in [-0.2, -0.15) is 0 Å². The first kappa shape index (κ1) is 10.7. The zero-order valence-electron chi connectivity index (χ0n) is 11.2. The van der Waals surface area contributed by atoms with Crippen molar-refractivity contribution in [2.45, 2.75) is 75.7 Å². The molecule has 2 nitrogen and oxygen atoms in total. The minimum atomic E-state index is 0.562. The quantitative estimate of drug-likeness (QED) is 0.810. The Bertz CT molecular complexity index is 327. The molecule has 6 rings (SSSR count). The van der Waals surface area contributed by atoms with Crippen LogP contribution in [0.15, 0.2) is 0 Å². The monoisotopic (exact) mass is 247 g/mol. The second kappa shape index (κ2) is 3.73. The maximum Gasteiger partial charge on any atom is 0.0733 e. The van der Waals surface area contributed by atoms with Crippen molar-refractivity contribution in [3.63, 3.8) is 0 Å². The second-order valence-electron chi connectivity index (χ2n) is 7.84. The van der Waals surface area contributed by atoms with Crippen molar-refractivity contribution in [2.24, 2.45) is 23.7 Å². The average molecular weight is 247 g/mol. The first-order chi connectivity index (χ1) is 8.85. The Morgan fingerprint density at radius 3 is 2.06 bits per heavy atom. The lowest BCUT2D eigenvalue weighted by Gasteiger charge is -2.55. The molecule has 2 heterocycles. The number of nitrogens with one attached hydrogen (secondary N) is 1. The number of fused-ring (bicyclic) bond motifs is 2. The van der Waals surface area contributed by atoms with E-state index in [-0.39, 0.29) is 0 Å². The molecule has 6 fully saturated rings. The maximum atomic E-state index is 6.02. The molecule has 100 valence electrons. The summed E-state index contributed by atoms with van der Waals surface area (Å²) in [6.07, 6.45) is 12.8. The molecular formula is C16H25NO. The summed E-state index contributed by atoms with van der Waals surface area (Å²) in [7, 11) is 0. The third kappa shape index (κ3) is 1.48. The topological polar surface area (TPSA) is 21.3 Å². The van der Waals surface area contributed by atoms with Crippen LogP contribution in [0.2, 0.25) is 0 Å². The summed E-state index contributed by atoms with van der Waals surface area (Å²) in [5.74, 6) is 4.23. The molecule has 4 aliphatic carbocycles. The molecule has 6 bridgehead atoms. The van der Waals surface area contributed by atoms with Gasteiger partial charge in [0, 0.05) is 12.1 Å². The first-order valence-electron chi connectivity index (χ1n) is 8.26. The summed E-state index contributed by atoms with van der Waals surface area (Å²) in [6, 6.07) is 1.55. The van der Waals surface area contributed by atoms with Crippen molar-refractivity contribution >= 4 is 0 Å². The van der Waals surface area contributed by atoms with Gasteiger partial charge in [-0.1, -0.05) is 0 Å². The highest BCUT2D eigenvalue weighted by atomic mass is 16.5. The van der Waals surface area contributed by atoms with Gasteiger partial charge in [0.2, 0.25) is 0 Å². The van der Waals surface area contributed by atoms with Crippen LogP contribution >= 0.6 is 0 Å². The van der Waals surface area contributed by atoms with Gasteiger partial charge in [0.05, 0.1) is 12.2 Å². The van der Waals surface area contributed by atoms with Crippen molar-refractivity contribution in [2.75, 3.05) is 0 Å². The van der Waals surface area contributed by atoms with Crippen LogP contribution in [0.5, 0.6) is 0 Å². The van der Waals surface area contributed by atoms with Gasteiger partial charge in [-0.15, -0.1) is 0 Å². The summed E-state index contributed by atoms with van der Waals surface area (Å²) in [6.45, 7) is 0. The molecule has 3 unspecified atom stereocenters. The largest absolute Gasteiger partial charge is 0.373 e. The van der Waals surface area contributed by atoms with E-state index in [0.717, 1.165) is 29.7 Å². The van der Waals surface area contributed by atoms with Crippen molar-refractivity contribution in [3.8, 4) is 0 Å².